The van der Waals surface area contributed by atoms with Crippen molar-refractivity contribution in [3.8, 4) is 5.75 Å². The summed E-state index contributed by atoms with van der Waals surface area (Å²) >= 11 is 1.48. The van der Waals surface area contributed by atoms with Crippen LogP contribution in [0.3, 0.4) is 0 Å². The lowest BCUT2D eigenvalue weighted by atomic mass is 10.0. The Balaban J connectivity index is 1.77. The minimum absolute atomic E-state index is 0.113. The van der Waals surface area contributed by atoms with Gasteiger partial charge in [0.15, 0.2) is 6.61 Å². The molecule has 2 aromatic rings. The van der Waals surface area contributed by atoms with Gasteiger partial charge in [-0.2, -0.15) is 0 Å². The number of anilines is 1. The van der Waals surface area contributed by atoms with Crippen LogP contribution >= 0.6 is 11.3 Å². The van der Waals surface area contributed by atoms with E-state index in [1.807, 2.05) is 18.2 Å². The number of benzene rings is 1. The van der Waals surface area contributed by atoms with Gasteiger partial charge in [-0.05, 0) is 38.5 Å². The second kappa shape index (κ2) is 9.21. The number of carbonyl (C=O) groups excluding carboxylic acids is 2. The SMILES string of the molecule is CCOC(=O)c1c(NC(=O)COc2ccccc2)sc2c1CC[NH+](C(C)C)C2. The number of fused-ring (bicyclic) bond motifs is 1. The first kappa shape index (κ1) is 20.4. The molecule has 0 fully saturated rings. The fourth-order valence-electron chi connectivity index (χ4n) is 3.33. The number of quaternary nitrogens is 1. The minimum atomic E-state index is -0.368. The van der Waals surface area contributed by atoms with Gasteiger partial charge in [0.1, 0.15) is 17.3 Å². The zero-order valence-corrected chi connectivity index (χ0v) is 17.4. The Morgan fingerprint density at radius 1 is 1.25 bits per heavy atom. The Labute approximate surface area is 169 Å². The first-order valence-electron chi connectivity index (χ1n) is 9.63. The monoisotopic (exact) mass is 403 g/mol. The molecule has 2 heterocycles. The van der Waals surface area contributed by atoms with Crippen LogP contribution in [0, 0.1) is 0 Å². The van der Waals surface area contributed by atoms with E-state index in [4.69, 9.17) is 9.47 Å². The molecule has 1 aromatic carbocycles. The van der Waals surface area contributed by atoms with Gasteiger partial charge in [0, 0.05) is 6.42 Å². The molecule has 1 atom stereocenters. The lowest BCUT2D eigenvalue weighted by molar-refractivity contribution is -0.936. The third kappa shape index (κ3) is 4.72. The van der Waals surface area contributed by atoms with Gasteiger partial charge in [-0.25, -0.2) is 4.79 Å². The highest BCUT2D eigenvalue weighted by molar-refractivity contribution is 7.17. The van der Waals surface area contributed by atoms with E-state index in [-0.39, 0.29) is 18.5 Å². The van der Waals surface area contributed by atoms with Gasteiger partial charge in [0.25, 0.3) is 5.91 Å². The van der Waals surface area contributed by atoms with Gasteiger partial charge in [0.2, 0.25) is 0 Å². The van der Waals surface area contributed by atoms with Gasteiger partial charge in [-0.15, -0.1) is 11.3 Å². The van der Waals surface area contributed by atoms with Crippen molar-refractivity contribution >= 4 is 28.2 Å². The minimum Gasteiger partial charge on any atom is -0.484 e. The lowest BCUT2D eigenvalue weighted by Crippen LogP contribution is -3.14. The highest BCUT2D eigenvalue weighted by Gasteiger charge is 2.32. The molecule has 0 saturated heterocycles. The number of amides is 1. The molecule has 0 aliphatic carbocycles. The van der Waals surface area contributed by atoms with Crippen molar-refractivity contribution < 1.29 is 24.0 Å². The fourth-order valence-corrected chi connectivity index (χ4v) is 4.63. The average molecular weight is 404 g/mol. The van der Waals surface area contributed by atoms with Crippen LogP contribution in [0.4, 0.5) is 5.00 Å². The summed E-state index contributed by atoms with van der Waals surface area (Å²) in [4.78, 5) is 27.6. The van der Waals surface area contributed by atoms with Crippen molar-refractivity contribution in [1.29, 1.82) is 0 Å². The summed E-state index contributed by atoms with van der Waals surface area (Å²) in [5, 5.41) is 3.43. The summed E-state index contributed by atoms with van der Waals surface area (Å²) in [6.45, 7) is 8.20. The topological polar surface area (TPSA) is 69.1 Å². The van der Waals surface area contributed by atoms with Crippen molar-refractivity contribution in [2.75, 3.05) is 25.1 Å². The number of hydrogen-bond donors (Lipinski definition) is 2. The Hall–Kier alpha value is -2.38. The van der Waals surface area contributed by atoms with E-state index < -0.39 is 0 Å². The zero-order valence-electron chi connectivity index (χ0n) is 16.5. The first-order valence-corrected chi connectivity index (χ1v) is 10.4. The normalized spacial score (nSPS) is 15.8. The Kier molecular flexibility index (Phi) is 6.70. The van der Waals surface area contributed by atoms with E-state index in [0.717, 1.165) is 30.0 Å². The molecule has 1 aliphatic heterocycles. The summed E-state index contributed by atoms with van der Waals surface area (Å²) < 4.78 is 10.8. The third-order valence-corrected chi connectivity index (χ3v) is 5.98. The van der Waals surface area contributed by atoms with Crippen LogP contribution in [-0.2, 0) is 22.5 Å². The van der Waals surface area contributed by atoms with Gasteiger partial charge in [0.05, 0.1) is 29.6 Å². The maximum Gasteiger partial charge on any atom is 0.341 e. The number of hydrogen-bond acceptors (Lipinski definition) is 5. The largest absolute Gasteiger partial charge is 0.484 e. The molecule has 28 heavy (non-hydrogen) atoms. The summed E-state index contributed by atoms with van der Waals surface area (Å²) in [7, 11) is 0. The third-order valence-electron chi connectivity index (χ3n) is 4.84. The summed E-state index contributed by atoms with van der Waals surface area (Å²) in [6, 6.07) is 9.69. The van der Waals surface area contributed by atoms with Crippen molar-refractivity contribution in [2.45, 2.75) is 39.8 Å². The van der Waals surface area contributed by atoms with Crippen molar-refractivity contribution in [2.24, 2.45) is 0 Å². The van der Waals surface area contributed by atoms with E-state index in [1.54, 1.807) is 19.1 Å². The lowest BCUT2D eigenvalue weighted by Gasteiger charge is -2.27. The van der Waals surface area contributed by atoms with Gasteiger partial charge in [-0.1, -0.05) is 18.2 Å². The van der Waals surface area contributed by atoms with Crippen molar-refractivity contribution in [3.05, 3.63) is 46.3 Å². The van der Waals surface area contributed by atoms with E-state index in [0.29, 0.717) is 29.0 Å². The van der Waals surface area contributed by atoms with E-state index >= 15 is 0 Å². The molecular formula is C21H27N2O4S+. The number of carbonyl (C=O) groups is 2. The highest BCUT2D eigenvalue weighted by Crippen LogP contribution is 2.35. The number of para-hydroxylation sites is 1. The average Bonchev–Trinajstić information content (AvgIpc) is 3.04. The first-order chi connectivity index (χ1) is 13.5. The number of thiophene rings is 1. The molecule has 0 saturated carbocycles. The van der Waals surface area contributed by atoms with Crippen molar-refractivity contribution in [3.63, 3.8) is 0 Å². The van der Waals surface area contributed by atoms with Gasteiger partial charge < -0.3 is 19.7 Å². The van der Waals surface area contributed by atoms with Crippen LogP contribution in [0.5, 0.6) is 5.75 Å². The molecule has 6 nitrogen and oxygen atoms in total. The quantitative estimate of drug-likeness (QED) is 0.696. The molecule has 1 unspecified atom stereocenters. The molecule has 150 valence electrons. The number of rotatable bonds is 7. The molecular weight excluding hydrogens is 376 g/mol. The standard InChI is InChI=1S/C21H26N2O4S/c1-4-26-21(25)19-16-10-11-23(14(2)3)12-17(16)28-20(19)22-18(24)13-27-15-8-6-5-7-9-15/h5-9,14H,4,10-13H2,1-3H3,(H,22,24)/p+1. The molecule has 0 spiro atoms. The van der Waals surface area contributed by atoms with E-state index in [9.17, 15) is 9.59 Å². The number of nitrogens with one attached hydrogen (secondary N) is 2. The number of ether oxygens (including phenoxy) is 2. The second-order valence-electron chi connectivity index (χ2n) is 7.07. The van der Waals surface area contributed by atoms with Crippen LogP contribution in [0.15, 0.2) is 30.3 Å². The van der Waals surface area contributed by atoms with E-state index in [2.05, 4.69) is 19.2 Å². The van der Waals surface area contributed by atoms with Crippen molar-refractivity contribution in [1.82, 2.24) is 0 Å². The van der Waals surface area contributed by atoms with Crippen LogP contribution in [-0.4, -0.2) is 37.7 Å². The van der Waals surface area contributed by atoms with Gasteiger partial charge in [-0.3, -0.25) is 4.79 Å². The van der Waals surface area contributed by atoms with Crippen LogP contribution < -0.4 is 15.0 Å². The molecule has 2 N–H and O–H groups in total. The molecule has 0 bridgehead atoms. The Bertz CT molecular complexity index is 832. The van der Waals surface area contributed by atoms with Crippen LogP contribution in [0.2, 0.25) is 0 Å². The molecule has 3 rings (SSSR count). The van der Waals surface area contributed by atoms with Crippen LogP contribution in [0.1, 0.15) is 41.6 Å². The highest BCUT2D eigenvalue weighted by atomic mass is 32.1. The predicted octanol–water partition coefficient (Wildman–Crippen LogP) is 2.29. The van der Waals surface area contributed by atoms with E-state index in [1.165, 1.54) is 16.2 Å². The summed E-state index contributed by atoms with van der Waals surface area (Å²) in [5.41, 5.74) is 1.53. The second-order valence-corrected chi connectivity index (χ2v) is 8.17. The fraction of sp³-hybridized carbons (Fsp3) is 0.429. The van der Waals surface area contributed by atoms with Gasteiger partial charge >= 0.3 is 5.97 Å². The predicted molar refractivity (Wildman–Crippen MR) is 109 cm³/mol. The smallest absolute Gasteiger partial charge is 0.341 e. The molecule has 7 heteroatoms. The maximum atomic E-state index is 12.6. The molecule has 1 aliphatic rings. The Morgan fingerprint density at radius 2 is 2.00 bits per heavy atom. The summed E-state index contributed by atoms with van der Waals surface area (Å²) in [5.74, 6) is -0.0294. The van der Waals surface area contributed by atoms with Crippen LogP contribution in [0.25, 0.3) is 0 Å². The number of esters is 1. The molecule has 1 amide bonds. The Morgan fingerprint density at radius 3 is 2.68 bits per heavy atom. The zero-order chi connectivity index (χ0) is 20.1. The summed E-state index contributed by atoms with van der Waals surface area (Å²) in [6.07, 6.45) is 0.809. The molecule has 0 radical (unpaired) electrons. The molecule has 1 aromatic heterocycles. The maximum absolute atomic E-state index is 12.6.